The number of nitrogens with zero attached hydrogens (tertiary/aromatic N) is 2. The van der Waals surface area contributed by atoms with Gasteiger partial charge in [-0.05, 0) is 41.8 Å². The van der Waals surface area contributed by atoms with Crippen molar-refractivity contribution in [3.63, 3.8) is 0 Å². The van der Waals surface area contributed by atoms with E-state index in [4.69, 9.17) is 17.3 Å². The number of rotatable bonds is 4. The van der Waals surface area contributed by atoms with Crippen LogP contribution in [0.4, 0.5) is 10.2 Å². The van der Waals surface area contributed by atoms with Gasteiger partial charge in [0.25, 0.3) is 5.91 Å². The SMILES string of the molecule is Cc1ccc(F)cc1CNc1nc(Cl)ncc1C(N)=O. The molecular formula is C13H12ClFN4O. The molecule has 0 aliphatic rings. The van der Waals surface area contributed by atoms with Crippen LogP contribution in [0.2, 0.25) is 5.28 Å². The fraction of sp³-hybridized carbons (Fsp3) is 0.154. The van der Waals surface area contributed by atoms with E-state index in [2.05, 4.69) is 15.3 Å². The summed E-state index contributed by atoms with van der Waals surface area (Å²) < 4.78 is 13.2. The van der Waals surface area contributed by atoms with Crippen molar-refractivity contribution in [2.45, 2.75) is 13.5 Å². The predicted octanol–water partition coefficient (Wildman–Crippen LogP) is 2.29. The zero-order chi connectivity index (χ0) is 14.7. The molecule has 0 atom stereocenters. The molecule has 20 heavy (non-hydrogen) atoms. The normalized spacial score (nSPS) is 10.3. The maximum Gasteiger partial charge on any atom is 0.254 e. The molecule has 0 radical (unpaired) electrons. The number of nitrogens with one attached hydrogen (secondary N) is 1. The van der Waals surface area contributed by atoms with Gasteiger partial charge in [-0.25, -0.2) is 9.37 Å². The summed E-state index contributed by atoms with van der Waals surface area (Å²) in [5.41, 5.74) is 7.02. The minimum Gasteiger partial charge on any atom is -0.365 e. The molecule has 0 fully saturated rings. The minimum absolute atomic E-state index is 0.00605. The zero-order valence-electron chi connectivity index (χ0n) is 10.7. The third-order valence-corrected chi connectivity index (χ3v) is 2.96. The number of amides is 1. The standard InChI is InChI=1S/C13H12ClFN4O/c1-7-2-3-9(15)4-8(7)5-17-12-10(11(16)20)6-18-13(14)19-12/h2-4,6H,5H2,1H3,(H2,16,20)(H,17,18,19). The van der Waals surface area contributed by atoms with E-state index in [-0.39, 0.29) is 29.0 Å². The molecule has 3 N–H and O–H groups in total. The molecule has 0 aliphatic carbocycles. The predicted molar refractivity (Wildman–Crippen MR) is 74.0 cm³/mol. The summed E-state index contributed by atoms with van der Waals surface area (Å²) in [6.45, 7) is 2.15. The molecule has 0 saturated heterocycles. The van der Waals surface area contributed by atoms with Crippen LogP contribution in [0.15, 0.2) is 24.4 Å². The molecule has 0 aliphatic heterocycles. The molecule has 1 amide bonds. The van der Waals surface area contributed by atoms with Crippen molar-refractivity contribution in [3.8, 4) is 0 Å². The highest BCUT2D eigenvalue weighted by molar-refractivity contribution is 6.28. The summed E-state index contributed by atoms with van der Waals surface area (Å²) >= 11 is 5.69. The average Bonchev–Trinajstić information content (AvgIpc) is 2.39. The van der Waals surface area contributed by atoms with Crippen molar-refractivity contribution in [2.75, 3.05) is 5.32 Å². The lowest BCUT2D eigenvalue weighted by Gasteiger charge is -2.10. The number of carbonyl (C=O) groups excluding carboxylic acids is 1. The lowest BCUT2D eigenvalue weighted by molar-refractivity contribution is 0.100. The Kier molecular flexibility index (Phi) is 4.14. The molecule has 0 saturated carbocycles. The quantitative estimate of drug-likeness (QED) is 0.848. The molecule has 0 bridgehead atoms. The Morgan fingerprint density at radius 1 is 1.50 bits per heavy atom. The van der Waals surface area contributed by atoms with E-state index >= 15 is 0 Å². The summed E-state index contributed by atoms with van der Waals surface area (Å²) in [6, 6.07) is 4.47. The van der Waals surface area contributed by atoms with E-state index in [9.17, 15) is 9.18 Å². The molecule has 1 aromatic heterocycles. The summed E-state index contributed by atoms with van der Waals surface area (Å²) in [6.07, 6.45) is 1.25. The van der Waals surface area contributed by atoms with Gasteiger partial charge in [0.15, 0.2) is 0 Å². The number of hydrogen-bond donors (Lipinski definition) is 2. The lowest BCUT2D eigenvalue weighted by atomic mass is 10.1. The molecule has 0 spiro atoms. The number of carbonyl (C=O) groups is 1. The Hall–Kier alpha value is -2.21. The Morgan fingerprint density at radius 2 is 2.25 bits per heavy atom. The van der Waals surface area contributed by atoms with Gasteiger partial charge in [-0.3, -0.25) is 4.79 Å². The fourth-order valence-corrected chi connectivity index (χ4v) is 1.82. The van der Waals surface area contributed by atoms with Crippen molar-refractivity contribution < 1.29 is 9.18 Å². The first kappa shape index (κ1) is 14.2. The number of hydrogen-bond acceptors (Lipinski definition) is 4. The molecule has 1 aromatic carbocycles. The van der Waals surface area contributed by atoms with Gasteiger partial charge in [-0.15, -0.1) is 0 Å². The number of aromatic nitrogens is 2. The molecule has 2 aromatic rings. The summed E-state index contributed by atoms with van der Waals surface area (Å²) in [7, 11) is 0. The van der Waals surface area contributed by atoms with Gasteiger partial charge in [0.05, 0.1) is 5.56 Å². The Morgan fingerprint density at radius 3 is 2.95 bits per heavy atom. The smallest absolute Gasteiger partial charge is 0.254 e. The number of anilines is 1. The van der Waals surface area contributed by atoms with Crippen LogP contribution in [-0.2, 0) is 6.54 Å². The van der Waals surface area contributed by atoms with Gasteiger partial charge in [0, 0.05) is 12.7 Å². The zero-order valence-corrected chi connectivity index (χ0v) is 11.4. The number of nitrogens with two attached hydrogens (primary N) is 1. The van der Waals surface area contributed by atoms with E-state index in [1.165, 1.54) is 18.3 Å². The Bertz CT molecular complexity index is 663. The molecule has 7 heteroatoms. The van der Waals surface area contributed by atoms with Crippen molar-refractivity contribution >= 4 is 23.3 Å². The van der Waals surface area contributed by atoms with Gasteiger partial charge >= 0.3 is 0 Å². The summed E-state index contributed by atoms with van der Waals surface area (Å²) in [5.74, 6) is -0.774. The monoisotopic (exact) mass is 294 g/mol. The Labute approximate surface area is 120 Å². The van der Waals surface area contributed by atoms with Crippen LogP contribution in [-0.4, -0.2) is 15.9 Å². The first-order valence-electron chi connectivity index (χ1n) is 5.78. The third kappa shape index (κ3) is 3.21. The molecule has 104 valence electrons. The summed E-state index contributed by atoms with van der Waals surface area (Å²) in [5, 5.41) is 2.91. The van der Waals surface area contributed by atoms with Crippen LogP contribution in [0.5, 0.6) is 0 Å². The molecule has 2 rings (SSSR count). The molecular weight excluding hydrogens is 283 g/mol. The molecule has 5 nitrogen and oxygen atoms in total. The first-order valence-corrected chi connectivity index (χ1v) is 6.16. The largest absolute Gasteiger partial charge is 0.365 e. The van der Waals surface area contributed by atoms with E-state index in [1.807, 2.05) is 6.92 Å². The highest BCUT2D eigenvalue weighted by atomic mass is 35.5. The van der Waals surface area contributed by atoms with E-state index in [1.54, 1.807) is 6.07 Å². The van der Waals surface area contributed by atoms with E-state index in [0.717, 1.165) is 11.1 Å². The summed E-state index contributed by atoms with van der Waals surface area (Å²) in [4.78, 5) is 18.9. The second-order valence-corrected chi connectivity index (χ2v) is 4.53. The van der Waals surface area contributed by atoms with Gasteiger partial charge in [-0.1, -0.05) is 6.07 Å². The van der Waals surface area contributed by atoms with Gasteiger partial charge in [0.1, 0.15) is 11.6 Å². The van der Waals surface area contributed by atoms with E-state index < -0.39 is 5.91 Å². The average molecular weight is 295 g/mol. The van der Waals surface area contributed by atoms with Crippen molar-refractivity contribution in [1.29, 1.82) is 0 Å². The second kappa shape index (κ2) is 5.83. The van der Waals surface area contributed by atoms with Gasteiger partial charge < -0.3 is 11.1 Å². The first-order chi connectivity index (χ1) is 9.47. The van der Waals surface area contributed by atoms with E-state index in [0.29, 0.717) is 0 Å². The van der Waals surface area contributed by atoms with Crippen molar-refractivity contribution in [3.05, 3.63) is 52.2 Å². The third-order valence-electron chi connectivity index (χ3n) is 2.78. The van der Waals surface area contributed by atoms with Crippen LogP contribution in [0, 0.1) is 12.7 Å². The van der Waals surface area contributed by atoms with Crippen LogP contribution in [0.1, 0.15) is 21.5 Å². The van der Waals surface area contributed by atoms with Crippen molar-refractivity contribution in [1.82, 2.24) is 9.97 Å². The maximum atomic E-state index is 13.2. The van der Waals surface area contributed by atoms with Crippen LogP contribution >= 0.6 is 11.6 Å². The highest BCUT2D eigenvalue weighted by Gasteiger charge is 2.11. The van der Waals surface area contributed by atoms with Crippen LogP contribution < -0.4 is 11.1 Å². The Balaban J connectivity index is 2.24. The minimum atomic E-state index is -0.667. The van der Waals surface area contributed by atoms with Crippen LogP contribution in [0.25, 0.3) is 0 Å². The topological polar surface area (TPSA) is 80.9 Å². The number of halogens is 2. The number of benzene rings is 1. The fourth-order valence-electron chi connectivity index (χ4n) is 1.68. The highest BCUT2D eigenvalue weighted by Crippen LogP contribution is 2.16. The number of aryl methyl sites for hydroxylation is 1. The molecule has 0 unspecified atom stereocenters. The maximum absolute atomic E-state index is 13.2. The molecule has 1 heterocycles. The van der Waals surface area contributed by atoms with Gasteiger partial charge in [0.2, 0.25) is 5.28 Å². The van der Waals surface area contributed by atoms with Gasteiger partial charge in [-0.2, -0.15) is 4.98 Å². The second-order valence-electron chi connectivity index (χ2n) is 4.19. The van der Waals surface area contributed by atoms with Crippen LogP contribution in [0.3, 0.4) is 0 Å². The lowest BCUT2D eigenvalue weighted by Crippen LogP contribution is -2.16. The van der Waals surface area contributed by atoms with Crippen molar-refractivity contribution in [2.24, 2.45) is 5.73 Å². The number of primary amides is 1.